The van der Waals surface area contributed by atoms with Gasteiger partial charge in [-0.25, -0.2) is 0 Å². The van der Waals surface area contributed by atoms with Gasteiger partial charge in [-0.15, -0.1) is 11.3 Å². The predicted octanol–water partition coefficient (Wildman–Crippen LogP) is 2.99. The second-order valence-corrected chi connectivity index (χ2v) is 5.62. The molecule has 0 saturated carbocycles. The Hall–Kier alpha value is -0.580. The molecule has 0 spiro atoms. The Morgan fingerprint density at radius 3 is 2.81 bits per heavy atom. The van der Waals surface area contributed by atoms with Gasteiger partial charge in [0.2, 0.25) is 0 Å². The summed E-state index contributed by atoms with van der Waals surface area (Å²) < 4.78 is 5.36. The quantitative estimate of drug-likeness (QED) is 0.829. The van der Waals surface area contributed by atoms with E-state index in [4.69, 9.17) is 17.3 Å². The summed E-state index contributed by atoms with van der Waals surface area (Å²) in [6, 6.07) is 3.71. The molecule has 0 amide bonds. The van der Waals surface area contributed by atoms with Gasteiger partial charge < -0.3 is 10.5 Å². The zero-order valence-electron chi connectivity index (χ0n) is 9.40. The van der Waals surface area contributed by atoms with E-state index in [1.54, 1.807) is 0 Å². The number of carbonyl (C=O) groups excluding carboxylic acids is 1. The molecule has 0 aliphatic rings. The highest BCUT2D eigenvalue weighted by molar-refractivity contribution is 7.16. The molecule has 0 aliphatic carbocycles. The third kappa shape index (κ3) is 4.12. The first kappa shape index (κ1) is 13.5. The number of rotatable bonds is 5. The van der Waals surface area contributed by atoms with Crippen LogP contribution >= 0.6 is 22.9 Å². The van der Waals surface area contributed by atoms with Gasteiger partial charge in [0.1, 0.15) is 0 Å². The number of methoxy groups -OCH3 is 1. The molecule has 5 heteroatoms. The third-order valence-electron chi connectivity index (χ3n) is 2.36. The molecule has 0 aromatic carbocycles. The maximum absolute atomic E-state index is 11.1. The standard InChI is InChI=1S/C11H16ClNO2S/c1-7(6-11(14)15-2)5-8(13)9-3-4-10(12)16-9/h3-4,7-8H,5-6,13H2,1-2H3. The van der Waals surface area contributed by atoms with Gasteiger partial charge in [-0.1, -0.05) is 18.5 Å². The molecular weight excluding hydrogens is 246 g/mol. The molecule has 0 fully saturated rings. The van der Waals surface area contributed by atoms with E-state index in [9.17, 15) is 4.79 Å². The number of thiophene rings is 1. The lowest BCUT2D eigenvalue weighted by atomic mass is 9.98. The monoisotopic (exact) mass is 261 g/mol. The van der Waals surface area contributed by atoms with Crippen LogP contribution in [-0.4, -0.2) is 13.1 Å². The van der Waals surface area contributed by atoms with Crippen molar-refractivity contribution in [2.24, 2.45) is 11.7 Å². The molecule has 0 saturated heterocycles. The van der Waals surface area contributed by atoms with Crippen molar-refractivity contribution in [1.29, 1.82) is 0 Å². The molecule has 2 N–H and O–H groups in total. The van der Waals surface area contributed by atoms with E-state index < -0.39 is 0 Å². The second kappa shape index (κ2) is 6.23. The molecule has 1 rings (SSSR count). The largest absolute Gasteiger partial charge is 0.469 e. The van der Waals surface area contributed by atoms with Crippen LogP contribution in [0.5, 0.6) is 0 Å². The summed E-state index contributed by atoms with van der Waals surface area (Å²) in [5.74, 6) is 0.0206. The highest BCUT2D eigenvalue weighted by Crippen LogP contribution is 2.29. The summed E-state index contributed by atoms with van der Waals surface area (Å²) >= 11 is 7.32. The fourth-order valence-corrected chi connectivity index (χ4v) is 2.60. The predicted molar refractivity (Wildman–Crippen MR) is 66.7 cm³/mol. The first-order valence-corrected chi connectivity index (χ1v) is 6.30. The van der Waals surface area contributed by atoms with Crippen molar-refractivity contribution in [3.05, 3.63) is 21.3 Å². The van der Waals surface area contributed by atoms with Gasteiger partial charge in [0.05, 0.1) is 11.4 Å². The normalized spacial score (nSPS) is 14.5. The van der Waals surface area contributed by atoms with Crippen LogP contribution < -0.4 is 5.73 Å². The van der Waals surface area contributed by atoms with Crippen LogP contribution in [-0.2, 0) is 9.53 Å². The highest BCUT2D eigenvalue weighted by atomic mass is 35.5. The lowest BCUT2D eigenvalue weighted by molar-refractivity contribution is -0.141. The van der Waals surface area contributed by atoms with Crippen LogP contribution in [0.15, 0.2) is 12.1 Å². The Balaban J connectivity index is 2.45. The Labute approximate surface area is 105 Å². The zero-order chi connectivity index (χ0) is 12.1. The van der Waals surface area contributed by atoms with Crippen molar-refractivity contribution < 1.29 is 9.53 Å². The van der Waals surface area contributed by atoms with E-state index in [1.165, 1.54) is 18.4 Å². The highest BCUT2D eigenvalue weighted by Gasteiger charge is 2.15. The summed E-state index contributed by atoms with van der Waals surface area (Å²) in [5.41, 5.74) is 6.03. The molecule has 3 nitrogen and oxygen atoms in total. The van der Waals surface area contributed by atoms with Gasteiger partial charge in [-0.3, -0.25) is 4.79 Å². The summed E-state index contributed by atoms with van der Waals surface area (Å²) in [6.45, 7) is 1.99. The van der Waals surface area contributed by atoms with E-state index >= 15 is 0 Å². The van der Waals surface area contributed by atoms with E-state index in [1.807, 2.05) is 19.1 Å². The number of carbonyl (C=O) groups is 1. The molecule has 2 atom stereocenters. The van der Waals surface area contributed by atoms with E-state index in [2.05, 4.69) is 4.74 Å². The minimum absolute atomic E-state index is 0.0582. The van der Waals surface area contributed by atoms with E-state index in [-0.39, 0.29) is 17.9 Å². The first-order chi connectivity index (χ1) is 7.52. The topological polar surface area (TPSA) is 52.3 Å². The molecule has 0 aliphatic heterocycles. The lowest BCUT2D eigenvalue weighted by Gasteiger charge is -2.14. The van der Waals surface area contributed by atoms with Gasteiger partial charge in [0.25, 0.3) is 0 Å². The SMILES string of the molecule is COC(=O)CC(C)CC(N)c1ccc(Cl)s1. The molecule has 1 heterocycles. The number of hydrogen-bond acceptors (Lipinski definition) is 4. The van der Waals surface area contributed by atoms with Crippen LogP contribution in [0, 0.1) is 5.92 Å². The van der Waals surface area contributed by atoms with Crippen LogP contribution in [0.2, 0.25) is 4.34 Å². The van der Waals surface area contributed by atoms with Crippen molar-refractivity contribution in [3.63, 3.8) is 0 Å². The fourth-order valence-electron chi connectivity index (χ4n) is 1.53. The Morgan fingerprint density at radius 1 is 1.62 bits per heavy atom. The van der Waals surface area contributed by atoms with Crippen molar-refractivity contribution in [2.45, 2.75) is 25.8 Å². The first-order valence-electron chi connectivity index (χ1n) is 5.10. The fraction of sp³-hybridized carbons (Fsp3) is 0.545. The van der Waals surface area contributed by atoms with Crippen LogP contribution in [0.1, 0.15) is 30.7 Å². The number of ether oxygens (including phenoxy) is 1. The van der Waals surface area contributed by atoms with E-state index in [0.717, 1.165) is 15.6 Å². The third-order valence-corrected chi connectivity index (χ3v) is 3.72. The summed E-state index contributed by atoms with van der Waals surface area (Å²) in [5, 5.41) is 0. The van der Waals surface area contributed by atoms with Crippen molar-refractivity contribution in [1.82, 2.24) is 0 Å². The van der Waals surface area contributed by atoms with Crippen LogP contribution in [0.3, 0.4) is 0 Å². The van der Waals surface area contributed by atoms with Gasteiger partial charge in [0, 0.05) is 17.3 Å². The van der Waals surface area contributed by atoms with Gasteiger partial charge >= 0.3 is 5.97 Å². The average Bonchev–Trinajstić information content (AvgIpc) is 2.64. The van der Waals surface area contributed by atoms with Crippen molar-refractivity contribution in [2.75, 3.05) is 7.11 Å². The molecule has 90 valence electrons. The van der Waals surface area contributed by atoms with E-state index in [0.29, 0.717) is 6.42 Å². The summed E-state index contributed by atoms with van der Waals surface area (Å²) in [7, 11) is 1.40. The Kier molecular flexibility index (Phi) is 5.25. The second-order valence-electron chi connectivity index (χ2n) is 3.87. The van der Waals surface area contributed by atoms with Crippen LogP contribution in [0.4, 0.5) is 0 Å². The molecule has 16 heavy (non-hydrogen) atoms. The van der Waals surface area contributed by atoms with Crippen molar-refractivity contribution in [3.8, 4) is 0 Å². The van der Waals surface area contributed by atoms with Gasteiger partial charge in [-0.2, -0.15) is 0 Å². The van der Waals surface area contributed by atoms with Crippen LogP contribution in [0.25, 0.3) is 0 Å². The van der Waals surface area contributed by atoms with Crippen molar-refractivity contribution >= 4 is 28.9 Å². The maximum atomic E-state index is 11.1. The molecule has 0 bridgehead atoms. The average molecular weight is 262 g/mol. The number of esters is 1. The summed E-state index contributed by atoms with van der Waals surface area (Å²) in [6.07, 6.45) is 1.16. The molecule has 1 aromatic rings. The number of nitrogens with two attached hydrogens (primary N) is 1. The van der Waals surface area contributed by atoms with Gasteiger partial charge in [-0.05, 0) is 24.5 Å². The minimum atomic E-state index is -0.191. The molecule has 1 aromatic heterocycles. The zero-order valence-corrected chi connectivity index (χ0v) is 11.0. The smallest absolute Gasteiger partial charge is 0.305 e. The minimum Gasteiger partial charge on any atom is -0.469 e. The number of halogens is 1. The lowest BCUT2D eigenvalue weighted by Crippen LogP contribution is -2.15. The maximum Gasteiger partial charge on any atom is 0.305 e. The Bertz CT molecular complexity index is 354. The van der Waals surface area contributed by atoms with Gasteiger partial charge in [0.15, 0.2) is 0 Å². The molecular formula is C11H16ClNO2S. The molecule has 0 radical (unpaired) electrons. The molecule has 2 unspecified atom stereocenters. The Morgan fingerprint density at radius 2 is 2.31 bits per heavy atom. The number of hydrogen-bond donors (Lipinski definition) is 1. The summed E-state index contributed by atoms with van der Waals surface area (Å²) in [4.78, 5) is 12.1.